The lowest BCUT2D eigenvalue weighted by Crippen LogP contribution is -2.17. The maximum atomic E-state index is 9.64. The van der Waals surface area contributed by atoms with Crippen LogP contribution in [0.2, 0.25) is 0 Å². The molecule has 0 aliphatic rings. The van der Waals surface area contributed by atoms with Crippen LogP contribution in [0.4, 0.5) is 0 Å². The molecule has 0 spiro atoms. The molecule has 0 aliphatic heterocycles. The normalized spacial score (nSPS) is 15.2. The highest BCUT2D eigenvalue weighted by molar-refractivity contribution is 5.06. The van der Waals surface area contributed by atoms with E-state index in [-0.39, 0.29) is 5.92 Å². The Morgan fingerprint density at radius 1 is 1.58 bits per heavy atom. The summed E-state index contributed by atoms with van der Waals surface area (Å²) in [4.78, 5) is 0. The molecule has 1 N–H and O–H groups in total. The summed E-state index contributed by atoms with van der Waals surface area (Å²) in [5.41, 5.74) is 0.934. The molecule has 0 bridgehead atoms. The van der Waals surface area contributed by atoms with Gasteiger partial charge >= 0.3 is 0 Å². The molecule has 0 unspecified atom stereocenters. The lowest BCUT2D eigenvalue weighted by molar-refractivity contribution is 0.169. The monoisotopic (exact) mass is 168 g/mol. The second kappa shape index (κ2) is 6.01. The summed E-state index contributed by atoms with van der Waals surface area (Å²) >= 11 is 0. The molecule has 0 radical (unpaired) electrons. The molecule has 0 saturated carbocycles. The third kappa shape index (κ3) is 3.72. The summed E-state index contributed by atoms with van der Waals surface area (Å²) in [5.74, 6) is 0.120. The van der Waals surface area contributed by atoms with Crippen molar-refractivity contribution in [2.75, 3.05) is 0 Å². The molecule has 0 amide bonds. The molecular formula is C11H20O. The molecule has 0 fully saturated rings. The van der Waals surface area contributed by atoms with Gasteiger partial charge in [0.25, 0.3) is 0 Å². The predicted molar refractivity (Wildman–Crippen MR) is 54.0 cm³/mol. The van der Waals surface area contributed by atoms with E-state index in [1.807, 2.05) is 6.92 Å². The molecule has 1 nitrogen and oxygen atoms in total. The van der Waals surface area contributed by atoms with E-state index in [4.69, 9.17) is 0 Å². The average molecular weight is 168 g/mol. The Kier molecular flexibility index (Phi) is 5.73. The molecule has 70 valence electrons. The van der Waals surface area contributed by atoms with Gasteiger partial charge in [0.1, 0.15) is 0 Å². The SMILES string of the molecule is C=C[C@H](C)[C@H](O)C(=C)CCCC. The maximum absolute atomic E-state index is 9.64. The van der Waals surface area contributed by atoms with Gasteiger partial charge in [0, 0.05) is 5.92 Å². The third-order valence-corrected chi connectivity index (χ3v) is 2.14. The first-order valence-corrected chi connectivity index (χ1v) is 4.61. The summed E-state index contributed by atoms with van der Waals surface area (Å²) in [5, 5.41) is 9.64. The minimum Gasteiger partial charge on any atom is -0.388 e. The lowest BCUT2D eigenvalue weighted by Gasteiger charge is -2.17. The van der Waals surface area contributed by atoms with Crippen molar-refractivity contribution in [2.24, 2.45) is 5.92 Å². The molecule has 0 heterocycles. The molecule has 2 atom stereocenters. The van der Waals surface area contributed by atoms with Crippen molar-refractivity contribution in [1.29, 1.82) is 0 Å². The highest BCUT2D eigenvalue weighted by Gasteiger charge is 2.13. The molecule has 0 aromatic carbocycles. The largest absolute Gasteiger partial charge is 0.388 e. The first-order chi connectivity index (χ1) is 5.63. The zero-order valence-corrected chi connectivity index (χ0v) is 8.21. The minimum absolute atomic E-state index is 0.120. The van der Waals surface area contributed by atoms with E-state index in [0.29, 0.717) is 0 Å². The van der Waals surface area contributed by atoms with Gasteiger partial charge in [-0.25, -0.2) is 0 Å². The Balaban J connectivity index is 3.83. The van der Waals surface area contributed by atoms with Crippen molar-refractivity contribution < 1.29 is 5.11 Å². The number of rotatable bonds is 6. The van der Waals surface area contributed by atoms with Crippen LogP contribution in [0.1, 0.15) is 33.1 Å². The predicted octanol–water partition coefficient (Wildman–Crippen LogP) is 2.92. The van der Waals surface area contributed by atoms with Gasteiger partial charge < -0.3 is 5.11 Å². The molecule has 0 aromatic heterocycles. The zero-order chi connectivity index (χ0) is 9.56. The van der Waals surface area contributed by atoms with Crippen molar-refractivity contribution in [3.05, 3.63) is 24.8 Å². The van der Waals surface area contributed by atoms with Gasteiger partial charge in [0.05, 0.1) is 6.10 Å². The van der Waals surface area contributed by atoms with E-state index >= 15 is 0 Å². The van der Waals surface area contributed by atoms with Gasteiger partial charge in [0.2, 0.25) is 0 Å². The number of hydrogen-bond donors (Lipinski definition) is 1. The van der Waals surface area contributed by atoms with E-state index in [0.717, 1.165) is 24.8 Å². The summed E-state index contributed by atoms with van der Waals surface area (Å²) in [6.07, 6.45) is 4.54. The first-order valence-electron chi connectivity index (χ1n) is 4.61. The van der Waals surface area contributed by atoms with Gasteiger partial charge in [-0.05, 0) is 18.4 Å². The third-order valence-electron chi connectivity index (χ3n) is 2.14. The van der Waals surface area contributed by atoms with Crippen LogP contribution in [0, 0.1) is 5.92 Å². The molecule has 0 saturated heterocycles. The van der Waals surface area contributed by atoms with E-state index in [1.165, 1.54) is 0 Å². The summed E-state index contributed by atoms with van der Waals surface area (Å²) in [6, 6.07) is 0. The van der Waals surface area contributed by atoms with Gasteiger partial charge in [-0.3, -0.25) is 0 Å². The van der Waals surface area contributed by atoms with Crippen LogP contribution >= 0.6 is 0 Å². The Morgan fingerprint density at radius 3 is 2.58 bits per heavy atom. The highest BCUT2D eigenvalue weighted by atomic mass is 16.3. The molecule has 1 heteroatoms. The van der Waals surface area contributed by atoms with Crippen LogP contribution in [0.25, 0.3) is 0 Å². The number of aliphatic hydroxyl groups is 1. The fraction of sp³-hybridized carbons (Fsp3) is 0.636. The summed E-state index contributed by atoms with van der Waals surface area (Å²) < 4.78 is 0. The zero-order valence-electron chi connectivity index (χ0n) is 8.21. The molecule has 0 aromatic rings. The van der Waals surface area contributed by atoms with E-state index in [9.17, 15) is 5.11 Å². The Morgan fingerprint density at radius 2 is 2.17 bits per heavy atom. The van der Waals surface area contributed by atoms with Gasteiger partial charge in [0.15, 0.2) is 0 Å². The maximum Gasteiger partial charge on any atom is 0.0807 e. The van der Waals surface area contributed by atoms with Crippen molar-refractivity contribution >= 4 is 0 Å². The summed E-state index contributed by atoms with van der Waals surface area (Å²) in [7, 11) is 0. The first kappa shape index (κ1) is 11.4. The second-order valence-electron chi connectivity index (χ2n) is 3.30. The molecule has 12 heavy (non-hydrogen) atoms. The Hall–Kier alpha value is -0.560. The fourth-order valence-corrected chi connectivity index (χ4v) is 1.05. The molecule has 0 aliphatic carbocycles. The van der Waals surface area contributed by atoms with Crippen molar-refractivity contribution in [3.8, 4) is 0 Å². The average Bonchev–Trinajstić information content (AvgIpc) is 2.11. The van der Waals surface area contributed by atoms with Crippen LogP contribution in [0.15, 0.2) is 24.8 Å². The Labute approximate surface area is 75.8 Å². The highest BCUT2D eigenvalue weighted by Crippen LogP contribution is 2.16. The van der Waals surface area contributed by atoms with Gasteiger partial charge in [-0.15, -0.1) is 6.58 Å². The van der Waals surface area contributed by atoms with Crippen LogP contribution in [0.5, 0.6) is 0 Å². The smallest absolute Gasteiger partial charge is 0.0807 e. The lowest BCUT2D eigenvalue weighted by atomic mass is 9.95. The number of hydrogen-bond acceptors (Lipinski definition) is 1. The summed E-state index contributed by atoms with van der Waals surface area (Å²) in [6.45, 7) is 11.6. The molecule has 0 rings (SSSR count). The van der Waals surface area contributed by atoms with Crippen LogP contribution < -0.4 is 0 Å². The molecular weight excluding hydrogens is 148 g/mol. The van der Waals surface area contributed by atoms with Gasteiger partial charge in [-0.1, -0.05) is 32.9 Å². The van der Waals surface area contributed by atoms with Crippen molar-refractivity contribution in [1.82, 2.24) is 0 Å². The minimum atomic E-state index is -0.408. The quantitative estimate of drug-likeness (QED) is 0.605. The Bertz CT molecular complexity index is 149. The fourth-order valence-electron chi connectivity index (χ4n) is 1.05. The van der Waals surface area contributed by atoms with E-state index in [2.05, 4.69) is 20.1 Å². The van der Waals surface area contributed by atoms with E-state index < -0.39 is 6.10 Å². The number of unbranched alkanes of at least 4 members (excludes halogenated alkanes) is 1. The van der Waals surface area contributed by atoms with E-state index in [1.54, 1.807) is 6.08 Å². The standard InChI is InChI=1S/C11H20O/c1-5-7-8-10(4)11(12)9(3)6-2/h6,9,11-12H,2,4-5,7-8H2,1,3H3/t9-,11-/m0/s1. The number of aliphatic hydroxyl groups excluding tert-OH is 1. The van der Waals surface area contributed by atoms with Crippen molar-refractivity contribution in [3.63, 3.8) is 0 Å². The van der Waals surface area contributed by atoms with Crippen LogP contribution in [-0.2, 0) is 0 Å². The van der Waals surface area contributed by atoms with Crippen molar-refractivity contribution in [2.45, 2.75) is 39.2 Å². The topological polar surface area (TPSA) is 20.2 Å². The van der Waals surface area contributed by atoms with Crippen LogP contribution in [-0.4, -0.2) is 11.2 Å². The second-order valence-corrected chi connectivity index (χ2v) is 3.30. The van der Waals surface area contributed by atoms with Crippen LogP contribution in [0.3, 0.4) is 0 Å². The van der Waals surface area contributed by atoms with Gasteiger partial charge in [-0.2, -0.15) is 0 Å².